The van der Waals surface area contributed by atoms with E-state index in [1.807, 2.05) is 6.07 Å². The third-order valence-corrected chi connectivity index (χ3v) is 5.35. The second kappa shape index (κ2) is 8.41. The number of furan rings is 1. The molecule has 2 heterocycles. The Morgan fingerprint density at radius 2 is 1.97 bits per heavy atom. The molecular formula is C22H14BrClN2O5. The fourth-order valence-electron chi connectivity index (χ4n) is 3.03. The zero-order valence-corrected chi connectivity index (χ0v) is 18.4. The quantitative estimate of drug-likeness (QED) is 0.320. The van der Waals surface area contributed by atoms with E-state index < -0.39 is 17.8 Å². The third-order valence-electron chi connectivity index (χ3n) is 4.53. The van der Waals surface area contributed by atoms with E-state index in [9.17, 15) is 14.4 Å². The van der Waals surface area contributed by atoms with Gasteiger partial charge in [-0.15, -0.1) is 0 Å². The number of benzene rings is 2. The molecule has 7 nitrogen and oxygen atoms in total. The van der Waals surface area contributed by atoms with Crippen molar-refractivity contribution in [2.24, 2.45) is 0 Å². The molecule has 2 amide bonds. The molecule has 0 bridgehead atoms. The number of carbonyl (C=O) groups is 3. The van der Waals surface area contributed by atoms with Crippen LogP contribution in [0.2, 0.25) is 5.02 Å². The third kappa shape index (κ3) is 4.12. The lowest BCUT2D eigenvalue weighted by atomic mass is 10.1. The van der Waals surface area contributed by atoms with Crippen LogP contribution in [0.15, 0.2) is 69.1 Å². The number of halogens is 2. The van der Waals surface area contributed by atoms with Gasteiger partial charge in [-0.3, -0.25) is 15.0 Å². The summed E-state index contributed by atoms with van der Waals surface area (Å²) in [5, 5.41) is 1.43. The molecule has 0 atom stereocenters. The zero-order valence-electron chi connectivity index (χ0n) is 16.0. The predicted molar refractivity (Wildman–Crippen MR) is 118 cm³/mol. The van der Waals surface area contributed by atoms with Crippen LogP contribution in [0.25, 0.3) is 17.4 Å². The van der Waals surface area contributed by atoms with E-state index in [0.29, 0.717) is 22.8 Å². The van der Waals surface area contributed by atoms with E-state index in [2.05, 4.69) is 21.4 Å². The summed E-state index contributed by atoms with van der Waals surface area (Å²) in [6.45, 7) is 0. The molecule has 4 rings (SSSR count). The van der Waals surface area contributed by atoms with Crippen molar-refractivity contribution in [1.82, 2.24) is 5.43 Å². The summed E-state index contributed by atoms with van der Waals surface area (Å²) in [5.41, 5.74) is 3.79. The number of nitrogens with one attached hydrogen (secondary N) is 1. The van der Waals surface area contributed by atoms with Gasteiger partial charge in [0.2, 0.25) is 0 Å². The van der Waals surface area contributed by atoms with Crippen LogP contribution in [0.5, 0.6) is 0 Å². The summed E-state index contributed by atoms with van der Waals surface area (Å²) in [6, 6.07) is 15.1. The van der Waals surface area contributed by atoms with Crippen LogP contribution < -0.4 is 10.4 Å². The number of hydrogen-bond donors (Lipinski definition) is 1. The number of hydrazine groups is 1. The highest BCUT2D eigenvalue weighted by atomic mass is 79.9. The fraction of sp³-hybridized carbons (Fsp3) is 0.0455. The van der Waals surface area contributed by atoms with Gasteiger partial charge in [-0.1, -0.05) is 33.6 Å². The highest BCUT2D eigenvalue weighted by Crippen LogP contribution is 2.29. The smallest absolute Gasteiger partial charge is 0.339 e. The summed E-state index contributed by atoms with van der Waals surface area (Å²) in [4.78, 5) is 37.0. The first kappa shape index (κ1) is 20.9. The number of carbonyl (C=O) groups excluding carboxylic acids is 3. The molecule has 1 fully saturated rings. The van der Waals surface area contributed by atoms with Gasteiger partial charge in [-0.25, -0.2) is 9.80 Å². The molecule has 1 aromatic heterocycles. The summed E-state index contributed by atoms with van der Waals surface area (Å²) >= 11 is 9.40. The molecule has 156 valence electrons. The van der Waals surface area contributed by atoms with Gasteiger partial charge >= 0.3 is 5.97 Å². The number of hydrogen-bond acceptors (Lipinski definition) is 5. The molecule has 0 spiro atoms. The number of anilines is 1. The molecule has 1 aliphatic heterocycles. The van der Waals surface area contributed by atoms with Crippen molar-refractivity contribution in [3.63, 3.8) is 0 Å². The lowest BCUT2D eigenvalue weighted by molar-refractivity contribution is -0.117. The Bertz CT molecular complexity index is 1250. The fourth-order valence-corrected chi connectivity index (χ4v) is 3.61. The van der Waals surface area contributed by atoms with Gasteiger partial charge in [-0.05, 0) is 54.6 Å². The maximum atomic E-state index is 12.8. The Kier molecular flexibility index (Phi) is 5.67. The van der Waals surface area contributed by atoms with E-state index in [4.69, 9.17) is 20.8 Å². The van der Waals surface area contributed by atoms with Crippen LogP contribution in [-0.2, 0) is 14.3 Å². The largest absolute Gasteiger partial charge is 0.465 e. The average molecular weight is 502 g/mol. The molecule has 0 aliphatic carbocycles. The van der Waals surface area contributed by atoms with Crippen LogP contribution in [0.3, 0.4) is 0 Å². The normalized spacial score (nSPS) is 14.8. The minimum atomic E-state index is -0.568. The Labute approximate surface area is 190 Å². The van der Waals surface area contributed by atoms with Crippen LogP contribution >= 0.6 is 27.5 Å². The first-order chi connectivity index (χ1) is 14.9. The van der Waals surface area contributed by atoms with Gasteiger partial charge in [0.15, 0.2) is 0 Å². The lowest BCUT2D eigenvalue weighted by Gasteiger charge is -2.14. The molecule has 9 heteroatoms. The van der Waals surface area contributed by atoms with Gasteiger partial charge in [0, 0.05) is 10.0 Å². The monoisotopic (exact) mass is 500 g/mol. The minimum absolute atomic E-state index is 0.0627. The maximum Gasteiger partial charge on any atom is 0.339 e. The molecule has 2 aromatic carbocycles. The summed E-state index contributed by atoms with van der Waals surface area (Å²) in [7, 11) is 1.27. The molecule has 0 saturated carbocycles. The van der Waals surface area contributed by atoms with E-state index in [1.54, 1.807) is 48.5 Å². The second-order valence-corrected chi connectivity index (χ2v) is 7.83. The number of methoxy groups -OCH3 is 1. The summed E-state index contributed by atoms with van der Waals surface area (Å²) in [6.07, 6.45) is 1.37. The molecule has 0 radical (unpaired) electrons. The number of nitrogens with zero attached hydrogens (tertiary/aromatic N) is 1. The summed E-state index contributed by atoms with van der Waals surface area (Å²) < 4.78 is 11.3. The molecule has 0 unspecified atom stereocenters. The van der Waals surface area contributed by atoms with Gasteiger partial charge in [0.25, 0.3) is 11.8 Å². The summed E-state index contributed by atoms with van der Waals surface area (Å²) in [5.74, 6) is -0.868. The van der Waals surface area contributed by atoms with Crippen molar-refractivity contribution < 1.29 is 23.5 Å². The van der Waals surface area contributed by atoms with Crippen molar-refractivity contribution in [1.29, 1.82) is 0 Å². The zero-order chi connectivity index (χ0) is 22.1. The Hall–Kier alpha value is -3.36. The Morgan fingerprint density at radius 1 is 1.16 bits per heavy atom. The Balaban J connectivity index is 1.62. The van der Waals surface area contributed by atoms with E-state index in [0.717, 1.165) is 4.47 Å². The van der Waals surface area contributed by atoms with Crippen molar-refractivity contribution in [2.75, 3.05) is 12.1 Å². The first-order valence-corrected chi connectivity index (χ1v) is 10.2. The van der Waals surface area contributed by atoms with Crippen LogP contribution in [0, 0.1) is 0 Å². The number of ether oxygens (including phenoxy) is 1. The van der Waals surface area contributed by atoms with Gasteiger partial charge in [0.1, 0.15) is 17.1 Å². The molecular weight excluding hydrogens is 488 g/mol. The SMILES string of the molecule is COC(=O)c1cc(-c2ccc(C=C3C(=O)NN(c4cccc(Br)c4)C3=O)o2)ccc1Cl. The second-order valence-electron chi connectivity index (χ2n) is 6.51. The topological polar surface area (TPSA) is 88.9 Å². The Morgan fingerprint density at radius 3 is 2.71 bits per heavy atom. The van der Waals surface area contributed by atoms with E-state index >= 15 is 0 Å². The average Bonchev–Trinajstić information content (AvgIpc) is 3.34. The highest BCUT2D eigenvalue weighted by Gasteiger charge is 2.34. The van der Waals surface area contributed by atoms with Crippen molar-refractivity contribution in [3.8, 4) is 11.3 Å². The molecule has 1 N–H and O–H groups in total. The van der Waals surface area contributed by atoms with Gasteiger partial charge < -0.3 is 9.15 Å². The van der Waals surface area contributed by atoms with Crippen LogP contribution in [-0.4, -0.2) is 24.9 Å². The molecule has 1 aliphatic rings. The maximum absolute atomic E-state index is 12.8. The number of amides is 2. The first-order valence-electron chi connectivity index (χ1n) is 8.98. The predicted octanol–water partition coefficient (Wildman–Crippen LogP) is 4.61. The minimum Gasteiger partial charge on any atom is -0.465 e. The van der Waals surface area contributed by atoms with Gasteiger partial charge in [0.05, 0.1) is 23.4 Å². The van der Waals surface area contributed by atoms with Crippen LogP contribution in [0.4, 0.5) is 5.69 Å². The van der Waals surface area contributed by atoms with Crippen LogP contribution in [0.1, 0.15) is 16.1 Å². The van der Waals surface area contributed by atoms with Crippen molar-refractivity contribution >= 4 is 57.1 Å². The van der Waals surface area contributed by atoms with Gasteiger partial charge in [-0.2, -0.15) is 0 Å². The standard InChI is InChI=1S/C22H14BrClN2O5/c1-30-22(29)16-9-12(5-7-18(16)24)19-8-6-15(31-19)11-17-20(27)25-26(21(17)28)14-4-2-3-13(23)10-14/h2-11H,1H3,(H,25,27). The van der Waals surface area contributed by atoms with E-state index in [1.165, 1.54) is 18.2 Å². The molecule has 3 aromatic rings. The molecule has 1 saturated heterocycles. The van der Waals surface area contributed by atoms with Crippen molar-refractivity contribution in [2.45, 2.75) is 0 Å². The number of esters is 1. The molecule has 31 heavy (non-hydrogen) atoms. The van der Waals surface area contributed by atoms with E-state index in [-0.39, 0.29) is 16.2 Å². The highest BCUT2D eigenvalue weighted by molar-refractivity contribution is 9.10. The number of rotatable bonds is 4. The lowest BCUT2D eigenvalue weighted by Crippen LogP contribution is -2.35. The van der Waals surface area contributed by atoms with Crippen molar-refractivity contribution in [3.05, 3.63) is 81.0 Å².